The Morgan fingerprint density at radius 3 is 2.75 bits per heavy atom. The number of benzene rings is 1. The Hall–Kier alpha value is -1.43. The van der Waals surface area contributed by atoms with Gasteiger partial charge in [0.1, 0.15) is 22.2 Å². The molecule has 102 valence electrons. The van der Waals surface area contributed by atoms with Crippen molar-refractivity contribution in [3.05, 3.63) is 39.6 Å². The fraction of sp³-hybridized carbons (Fsp3) is 0.0769. The van der Waals surface area contributed by atoms with Crippen LogP contribution in [0.3, 0.4) is 0 Å². The van der Waals surface area contributed by atoms with Crippen molar-refractivity contribution in [2.45, 2.75) is 0 Å². The molecule has 20 heavy (non-hydrogen) atoms. The van der Waals surface area contributed by atoms with Crippen molar-refractivity contribution in [3.63, 3.8) is 0 Å². The summed E-state index contributed by atoms with van der Waals surface area (Å²) in [5.74, 6) is 0.548. The van der Waals surface area contributed by atoms with Crippen LogP contribution in [0, 0.1) is 5.82 Å². The van der Waals surface area contributed by atoms with E-state index < -0.39 is 5.82 Å². The van der Waals surface area contributed by atoms with Gasteiger partial charge in [0.05, 0.1) is 22.4 Å². The third kappa shape index (κ3) is 2.22. The fourth-order valence-corrected chi connectivity index (χ4v) is 3.13. The summed E-state index contributed by atoms with van der Waals surface area (Å²) in [4.78, 5) is 9.13. The zero-order chi connectivity index (χ0) is 14.3. The predicted octanol–water partition coefficient (Wildman–Crippen LogP) is 4.81. The zero-order valence-electron chi connectivity index (χ0n) is 10.2. The number of hydrogen-bond acceptors (Lipinski definition) is 4. The van der Waals surface area contributed by atoms with Crippen molar-refractivity contribution in [2.75, 3.05) is 7.11 Å². The Morgan fingerprint density at radius 1 is 1.25 bits per heavy atom. The second kappa shape index (κ2) is 5.16. The van der Waals surface area contributed by atoms with E-state index in [1.54, 1.807) is 13.2 Å². The summed E-state index contributed by atoms with van der Waals surface area (Å²) in [5, 5.41) is 2.58. The van der Waals surface area contributed by atoms with Crippen LogP contribution in [0.1, 0.15) is 0 Å². The lowest BCUT2D eigenvalue weighted by molar-refractivity contribution is 0.417. The van der Waals surface area contributed by atoms with Crippen LogP contribution in [-0.2, 0) is 0 Å². The summed E-state index contributed by atoms with van der Waals surface area (Å²) in [6, 6.07) is 4.46. The summed E-state index contributed by atoms with van der Waals surface area (Å²) in [5.41, 5.74) is 0.111. The normalized spacial score (nSPS) is 11.0. The van der Waals surface area contributed by atoms with Crippen molar-refractivity contribution in [3.8, 4) is 16.5 Å². The topological polar surface area (TPSA) is 35.0 Å². The van der Waals surface area contributed by atoms with Gasteiger partial charge in [-0.1, -0.05) is 23.2 Å². The van der Waals surface area contributed by atoms with Crippen molar-refractivity contribution >= 4 is 45.4 Å². The van der Waals surface area contributed by atoms with Crippen LogP contribution < -0.4 is 4.74 Å². The number of fused-ring (bicyclic) bond motifs is 1. The molecule has 3 nitrogen and oxygen atoms in total. The van der Waals surface area contributed by atoms with Crippen molar-refractivity contribution in [1.82, 2.24) is 9.97 Å². The van der Waals surface area contributed by atoms with Crippen molar-refractivity contribution < 1.29 is 9.13 Å². The Balaban J connectivity index is 2.26. The SMILES string of the molecule is COc1csc(-c2nc(Cl)c3c(Cl)ccc(F)c3n2)c1. The van der Waals surface area contributed by atoms with E-state index in [9.17, 15) is 4.39 Å². The van der Waals surface area contributed by atoms with Gasteiger partial charge in [-0.25, -0.2) is 14.4 Å². The first-order valence-electron chi connectivity index (χ1n) is 5.54. The largest absolute Gasteiger partial charge is 0.496 e. The summed E-state index contributed by atoms with van der Waals surface area (Å²) in [6.07, 6.45) is 0. The molecule has 0 aliphatic carbocycles. The van der Waals surface area contributed by atoms with E-state index in [1.165, 1.54) is 23.5 Å². The molecule has 2 heterocycles. The lowest BCUT2D eigenvalue weighted by Gasteiger charge is -2.05. The van der Waals surface area contributed by atoms with Gasteiger partial charge in [-0.05, 0) is 12.1 Å². The Morgan fingerprint density at radius 2 is 2.05 bits per heavy atom. The number of methoxy groups -OCH3 is 1. The van der Waals surface area contributed by atoms with Crippen LogP contribution in [-0.4, -0.2) is 17.1 Å². The molecule has 0 saturated heterocycles. The van der Waals surface area contributed by atoms with Gasteiger partial charge in [0.15, 0.2) is 5.82 Å². The molecule has 0 amide bonds. The summed E-state index contributed by atoms with van der Waals surface area (Å²) < 4.78 is 19.0. The first-order valence-corrected chi connectivity index (χ1v) is 7.18. The number of thiophene rings is 1. The zero-order valence-corrected chi connectivity index (χ0v) is 12.5. The van der Waals surface area contributed by atoms with E-state index in [1.807, 2.05) is 5.38 Å². The minimum Gasteiger partial charge on any atom is -0.496 e. The molecule has 0 saturated carbocycles. The van der Waals surface area contributed by atoms with Crippen LogP contribution in [0.15, 0.2) is 23.6 Å². The van der Waals surface area contributed by atoms with Gasteiger partial charge in [0.25, 0.3) is 0 Å². The maximum atomic E-state index is 13.9. The first kappa shape index (κ1) is 13.5. The number of hydrogen-bond donors (Lipinski definition) is 0. The van der Waals surface area contributed by atoms with Gasteiger partial charge in [-0.2, -0.15) is 0 Å². The fourth-order valence-electron chi connectivity index (χ4n) is 1.78. The average Bonchev–Trinajstić information content (AvgIpc) is 2.91. The molecule has 0 fully saturated rings. The smallest absolute Gasteiger partial charge is 0.171 e. The minimum atomic E-state index is -0.488. The molecular formula is C13H7Cl2FN2OS. The molecule has 0 aliphatic heterocycles. The van der Waals surface area contributed by atoms with Gasteiger partial charge >= 0.3 is 0 Å². The molecule has 0 spiro atoms. The monoisotopic (exact) mass is 328 g/mol. The van der Waals surface area contributed by atoms with Gasteiger partial charge in [0, 0.05) is 11.4 Å². The summed E-state index contributed by atoms with van der Waals surface area (Å²) in [6.45, 7) is 0. The number of rotatable bonds is 2. The third-order valence-electron chi connectivity index (χ3n) is 2.74. The van der Waals surface area contributed by atoms with Gasteiger partial charge in [-0.15, -0.1) is 11.3 Å². The highest BCUT2D eigenvalue weighted by Gasteiger charge is 2.15. The van der Waals surface area contributed by atoms with Crippen LogP contribution in [0.4, 0.5) is 4.39 Å². The molecule has 0 bridgehead atoms. The molecule has 3 aromatic rings. The highest BCUT2D eigenvalue weighted by Crippen LogP contribution is 2.34. The maximum Gasteiger partial charge on any atom is 0.171 e. The van der Waals surface area contributed by atoms with Crippen LogP contribution in [0.2, 0.25) is 10.2 Å². The summed E-state index contributed by atoms with van der Waals surface area (Å²) in [7, 11) is 1.57. The predicted molar refractivity (Wildman–Crippen MR) is 79.4 cm³/mol. The molecule has 0 atom stereocenters. The van der Waals surface area contributed by atoms with Crippen LogP contribution >= 0.6 is 34.5 Å². The molecule has 2 aromatic heterocycles. The molecule has 0 N–H and O–H groups in total. The molecule has 0 unspecified atom stereocenters. The lowest BCUT2D eigenvalue weighted by atomic mass is 10.2. The Bertz CT molecular complexity index is 806. The van der Waals surface area contributed by atoms with Gasteiger partial charge < -0.3 is 4.74 Å². The second-order valence-corrected chi connectivity index (χ2v) is 5.62. The maximum absolute atomic E-state index is 13.9. The molecular weight excluding hydrogens is 322 g/mol. The average molecular weight is 329 g/mol. The molecule has 0 radical (unpaired) electrons. The number of aromatic nitrogens is 2. The number of nitrogens with zero attached hydrogens (tertiary/aromatic N) is 2. The Labute approximate surface area is 128 Å². The van der Waals surface area contributed by atoms with Crippen LogP contribution in [0.25, 0.3) is 21.6 Å². The lowest BCUT2D eigenvalue weighted by Crippen LogP contribution is -1.93. The molecule has 0 aliphatic rings. The molecule has 7 heteroatoms. The standard InChI is InChI=1S/C13H7Cl2FN2OS/c1-19-6-4-9(20-5-6)13-17-11-8(16)3-2-7(14)10(11)12(15)18-13/h2-5H,1H3. The van der Waals surface area contributed by atoms with E-state index >= 15 is 0 Å². The van der Waals surface area contributed by atoms with E-state index in [4.69, 9.17) is 27.9 Å². The van der Waals surface area contributed by atoms with E-state index in [0.717, 1.165) is 4.88 Å². The van der Waals surface area contributed by atoms with E-state index in [0.29, 0.717) is 22.0 Å². The summed E-state index contributed by atoms with van der Waals surface area (Å²) >= 11 is 13.5. The first-order chi connectivity index (χ1) is 9.60. The van der Waals surface area contributed by atoms with Crippen molar-refractivity contribution in [2.24, 2.45) is 0 Å². The highest BCUT2D eigenvalue weighted by molar-refractivity contribution is 7.13. The second-order valence-electron chi connectivity index (χ2n) is 3.94. The van der Waals surface area contributed by atoms with Gasteiger partial charge in [-0.3, -0.25) is 0 Å². The Kier molecular flexibility index (Phi) is 3.50. The third-order valence-corrected chi connectivity index (χ3v) is 4.23. The highest BCUT2D eigenvalue weighted by atomic mass is 35.5. The van der Waals surface area contributed by atoms with E-state index in [2.05, 4.69) is 9.97 Å². The van der Waals surface area contributed by atoms with Gasteiger partial charge in [0.2, 0.25) is 0 Å². The minimum absolute atomic E-state index is 0.111. The molecule has 1 aromatic carbocycles. The van der Waals surface area contributed by atoms with Crippen LogP contribution in [0.5, 0.6) is 5.75 Å². The quantitative estimate of drug-likeness (QED) is 0.633. The van der Waals surface area contributed by atoms with E-state index in [-0.39, 0.29) is 10.7 Å². The van der Waals surface area contributed by atoms with Crippen molar-refractivity contribution in [1.29, 1.82) is 0 Å². The number of halogens is 3. The molecule has 3 rings (SSSR count). The number of ether oxygens (including phenoxy) is 1.